The lowest BCUT2D eigenvalue weighted by Gasteiger charge is -2.71. The summed E-state index contributed by atoms with van der Waals surface area (Å²) >= 11 is 0. The molecule has 0 aliphatic heterocycles. The van der Waals surface area contributed by atoms with Crippen molar-refractivity contribution in [3.05, 3.63) is 11.6 Å². The first-order chi connectivity index (χ1) is 17.9. The average Bonchev–Trinajstić information content (AvgIpc) is 2.83. The van der Waals surface area contributed by atoms with Crippen LogP contribution in [0.1, 0.15) is 106 Å². The molecule has 4 nitrogen and oxygen atoms in total. The van der Waals surface area contributed by atoms with Gasteiger partial charge in [-0.25, -0.2) is 0 Å². The molecule has 0 bridgehead atoms. The Morgan fingerprint density at radius 1 is 0.949 bits per heavy atom. The van der Waals surface area contributed by atoms with Crippen LogP contribution in [0.4, 0.5) is 0 Å². The van der Waals surface area contributed by atoms with E-state index in [0.717, 1.165) is 56.0 Å². The number of aliphatic hydroxyl groups is 1. The first-order valence-electron chi connectivity index (χ1n) is 16.3. The summed E-state index contributed by atoms with van der Waals surface area (Å²) in [5.74, 6) is 2.71. The number of nitrogens with zero attached hydrogens (tertiary/aromatic N) is 1. The van der Waals surface area contributed by atoms with Crippen LogP contribution in [0.15, 0.2) is 11.6 Å². The van der Waals surface area contributed by atoms with Crippen molar-refractivity contribution >= 4 is 5.97 Å². The van der Waals surface area contributed by atoms with Gasteiger partial charge in [-0.2, -0.15) is 0 Å². The number of esters is 1. The highest BCUT2D eigenvalue weighted by molar-refractivity contribution is 5.79. The number of allylic oxidation sites excluding steroid dienone is 2. The minimum Gasteiger partial charge on any atom is -0.459 e. The highest BCUT2D eigenvalue weighted by atomic mass is 16.5. The maximum absolute atomic E-state index is 14.1. The molecular formula is C35H60NO3+. The van der Waals surface area contributed by atoms with Gasteiger partial charge in [0, 0.05) is 0 Å². The van der Waals surface area contributed by atoms with Gasteiger partial charge in [-0.05, 0) is 109 Å². The van der Waals surface area contributed by atoms with Crippen LogP contribution in [0.3, 0.4) is 0 Å². The molecule has 0 aromatic heterocycles. The lowest BCUT2D eigenvalue weighted by molar-refractivity contribution is -0.870. The maximum Gasteiger partial charge on any atom is 0.312 e. The summed E-state index contributed by atoms with van der Waals surface area (Å²) in [6.07, 6.45) is 12.3. The van der Waals surface area contributed by atoms with E-state index in [1.165, 1.54) is 12.8 Å². The van der Waals surface area contributed by atoms with Crippen LogP contribution in [0, 0.1) is 56.7 Å². The lowest BCUT2D eigenvalue weighted by Crippen LogP contribution is -2.65. The zero-order valence-electron chi connectivity index (χ0n) is 27.0. The predicted molar refractivity (Wildman–Crippen MR) is 159 cm³/mol. The van der Waals surface area contributed by atoms with E-state index in [4.69, 9.17) is 4.74 Å². The smallest absolute Gasteiger partial charge is 0.312 e. The standard InChI is InChI=1S/C35H60NO3/c1-23-13-18-35(30(38)39-22-21-36(8,9)10)20-19-33(6)25(29(35)24(23)2)11-12-27-32(5)16-15-28(37)31(3,4)26(32)14-17-34(27,33)7/h11,23-24,26-29,37H,12-22H2,1-10H3/q+1/t23-,24+,26+,27-,28+,29+,32+,33-,34-,35+/m1/s1. The van der Waals surface area contributed by atoms with Gasteiger partial charge in [0.1, 0.15) is 13.2 Å². The van der Waals surface area contributed by atoms with Gasteiger partial charge < -0.3 is 14.3 Å². The zero-order valence-corrected chi connectivity index (χ0v) is 27.0. The molecule has 39 heavy (non-hydrogen) atoms. The topological polar surface area (TPSA) is 46.5 Å². The van der Waals surface area contributed by atoms with Gasteiger partial charge in [0.15, 0.2) is 0 Å². The summed E-state index contributed by atoms with van der Waals surface area (Å²) in [5, 5.41) is 11.0. The van der Waals surface area contributed by atoms with Crippen molar-refractivity contribution in [1.29, 1.82) is 0 Å². The molecule has 222 valence electrons. The third kappa shape index (κ3) is 4.15. The van der Waals surface area contributed by atoms with E-state index < -0.39 is 0 Å². The van der Waals surface area contributed by atoms with Gasteiger partial charge >= 0.3 is 5.97 Å². The Kier molecular flexibility index (Phi) is 7.07. The molecule has 0 aromatic carbocycles. The Labute approximate surface area is 239 Å². The Balaban J connectivity index is 1.52. The predicted octanol–water partition coefficient (Wildman–Crippen LogP) is 7.25. The minimum absolute atomic E-state index is 0.0240. The molecular weight excluding hydrogens is 482 g/mol. The summed E-state index contributed by atoms with van der Waals surface area (Å²) < 4.78 is 6.97. The Hall–Kier alpha value is -0.870. The van der Waals surface area contributed by atoms with Crippen molar-refractivity contribution < 1.29 is 19.1 Å². The highest BCUT2D eigenvalue weighted by Gasteiger charge is 2.69. The van der Waals surface area contributed by atoms with Crippen molar-refractivity contribution in [2.45, 2.75) is 112 Å². The number of likely N-dealkylation sites (N-methyl/N-ethyl adjacent to an activating group) is 1. The fraction of sp³-hybridized carbons (Fsp3) is 0.914. The van der Waals surface area contributed by atoms with Crippen molar-refractivity contribution in [1.82, 2.24) is 0 Å². The summed E-state index contributed by atoms with van der Waals surface area (Å²) in [4.78, 5) is 14.1. The van der Waals surface area contributed by atoms with E-state index in [2.05, 4.69) is 75.7 Å². The SMILES string of the molecule is C[C@H]1[C@H](C)CC[C@]2(C(=O)OCC[N+](C)(C)C)CC[C@]3(C)C(=CC[C@@H]4[C@@]5(C)CC[C@H](O)C(C)(C)[C@@H]5CC[C@]43C)[C@H]12. The summed E-state index contributed by atoms with van der Waals surface area (Å²) in [5.41, 5.74) is 1.83. The Bertz CT molecular complexity index is 1010. The van der Waals surface area contributed by atoms with Crippen molar-refractivity contribution in [3.8, 4) is 0 Å². The number of rotatable bonds is 4. The normalized spacial score (nSPS) is 49.1. The van der Waals surface area contributed by atoms with Crippen LogP contribution in [0.5, 0.6) is 0 Å². The molecule has 1 N–H and O–H groups in total. The van der Waals surface area contributed by atoms with Crippen molar-refractivity contribution in [2.75, 3.05) is 34.3 Å². The molecule has 4 heteroatoms. The molecule has 0 radical (unpaired) electrons. The van der Waals surface area contributed by atoms with Crippen molar-refractivity contribution in [2.24, 2.45) is 56.7 Å². The molecule has 5 rings (SSSR count). The van der Waals surface area contributed by atoms with Crippen LogP contribution in [0.2, 0.25) is 0 Å². The number of ether oxygens (including phenoxy) is 1. The molecule has 0 saturated heterocycles. The van der Waals surface area contributed by atoms with Gasteiger partial charge in [-0.3, -0.25) is 4.79 Å². The first-order valence-corrected chi connectivity index (χ1v) is 16.3. The fourth-order valence-corrected chi connectivity index (χ4v) is 11.4. The molecule has 4 fully saturated rings. The van der Waals surface area contributed by atoms with Crippen LogP contribution in [-0.4, -0.2) is 56.0 Å². The summed E-state index contributed by atoms with van der Waals surface area (Å²) in [6, 6.07) is 0. The monoisotopic (exact) mass is 542 g/mol. The molecule has 0 spiro atoms. The van der Waals surface area contributed by atoms with Crippen LogP contribution >= 0.6 is 0 Å². The number of hydrogen-bond acceptors (Lipinski definition) is 3. The summed E-state index contributed by atoms with van der Waals surface area (Å²) in [6.45, 7) is 18.7. The van der Waals surface area contributed by atoms with Gasteiger partial charge in [0.2, 0.25) is 0 Å². The third-order valence-corrected chi connectivity index (χ3v) is 14.4. The van der Waals surface area contributed by atoms with E-state index in [-0.39, 0.29) is 39.1 Å². The third-order valence-electron chi connectivity index (χ3n) is 14.4. The fourth-order valence-electron chi connectivity index (χ4n) is 11.4. The second kappa shape index (κ2) is 9.32. The van der Waals surface area contributed by atoms with E-state index in [9.17, 15) is 9.90 Å². The number of hydrogen-bond donors (Lipinski definition) is 1. The molecule has 0 heterocycles. The highest BCUT2D eigenvalue weighted by Crippen LogP contribution is 2.75. The van der Waals surface area contributed by atoms with E-state index in [0.29, 0.717) is 36.2 Å². The molecule has 0 amide bonds. The average molecular weight is 543 g/mol. The van der Waals surface area contributed by atoms with Gasteiger partial charge in [0.05, 0.1) is 32.7 Å². The molecule has 4 saturated carbocycles. The van der Waals surface area contributed by atoms with Gasteiger partial charge in [-0.1, -0.05) is 60.1 Å². The van der Waals surface area contributed by atoms with E-state index in [1.54, 1.807) is 5.57 Å². The van der Waals surface area contributed by atoms with Gasteiger partial charge in [0.25, 0.3) is 0 Å². The number of aliphatic hydroxyl groups excluding tert-OH is 1. The van der Waals surface area contributed by atoms with Crippen LogP contribution in [0.25, 0.3) is 0 Å². The second-order valence-electron chi connectivity index (χ2n) is 17.3. The van der Waals surface area contributed by atoms with Crippen LogP contribution < -0.4 is 0 Å². The number of quaternary nitrogens is 1. The quantitative estimate of drug-likeness (QED) is 0.231. The van der Waals surface area contributed by atoms with E-state index in [1.807, 2.05) is 0 Å². The van der Waals surface area contributed by atoms with E-state index >= 15 is 0 Å². The zero-order chi connectivity index (χ0) is 28.8. The Morgan fingerprint density at radius 2 is 1.64 bits per heavy atom. The molecule has 5 aliphatic rings. The molecule has 0 aromatic rings. The maximum atomic E-state index is 14.1. The largest absolute Gasteiger partial charge is 0.459 e. The minimum atomic E-state index is -0.358. The molecule has 10 atom stereocenters. The van der Waals surface area contributed by atoms with Gasteiger partial charge in [-0.15, -0.1) is 0 Å². The molecule has 5 aliphatic carbocycles. The van der Waals surface area contributed by atoms with Crippen molar-refractivity contribution in [3.63, 3.8) is 0 Å². The number of carbonyl (C=O) groups excluding carboxylic acids is 1. The first kappa shape index (κ1) is 29.6. The second-order valence-corrected chi connectivity index (χ2v) is 17.3. The Morgan fingerprint density at radius 3 is 2.31 bits per heavy atom. The lowest BCUT2D eigenvalue weighted by atomic mass is 9.33. The number of carbonyl (C=O) groups is 1. The molecule has 0 unspecified atom stereocenters. The number of fused-ring (bicyclic) bond motifs is 7. The summed E-state index contributed by atoms with van der Waals surface area (Å²) in [7, 11) is 6.50. The van der Waals surface area contributed by atoms with Crippen LogP contribution in [-0.2, 0) is 9.53 Å².